The second-order valence-electron chi connectivity index (χ2n) is 7.91. The number of carbonyl (C=O) groups is 3. The van der Waals surface area contributed by atoms with Gasteiger partial charge in [0.15, 0.2) is 5.78 Å². The van der Waals surface area contributed by atoms with Gasteiger partial charge in [-0.1, -0.05) is 60.2 Å². The molecule has 1 N–H and O–H groups in total. The lowest BCUT2D eigenvalue weighted by Crippen LogP contribution is -2.32. The predicted molar refractivity (Wildman–Crippen MR) is 120 cm³/mol. The van der Waals surface area contributed by atoms with E-state index in [1.807, 2.05) is 55.5 Å². The first-order valence-electron chi connectivity index (χ1n) is 10.3. The largest absolute Gasteiger partial charge is 0.327 e. The number of nitrogens with one attached hydrogen (secondary N) is 1. The minimum atomic E-state index is -0.392. The van der Waals surface area contributed by atoms with Crippen molar-refractivity contribution in [2.45, 2.75) is 32.9 Å². The number of carbonyl (C=O) groups excluding carboxylic acids is 3. The zero-order valence-electron chi connectivity index (χ0n) is 17.6. The summed E-state index contributed by atoms with van der Waals surface area (Å²) >= 11 is 0. The van der Waals surface area contributed by atoms with Crippen LogP contribution in [0.2, 0.25) is 0 Å². The van der Waals surface area contributed by atoms with E-state index in [1.54, 1.807) is 29.2 Å². The summed E-state index contributed by atoms with van der Waals surface area (Å²) in [4.78, 5) is 39.4. The van der Waals surface area contributed by atoms with Gasteiger partial charge in [-0.2, -0.15) is 0 Å². The van der Waals surface area contributed by atoms with Crippen molar-refractivity contribution in [1.29, 1.82) is 0 Å². The van der Waals surface area contributed by atoms with E-state index in [-0.39, 0.29) is 24.0 Å². The highest BCUT2D eigenvalue weighted by molar-refractivity contribution is 6.00. The summed E-state index contributed by atoms with van der Waals surface area (Å²) in [6.07, 6.45) is 0.118. The molecule has 3 aromatic carbocycles. The quantitative estimate of drug-likeness (QED) is 0.584. The number of benzene rings is 3. The maximum absolute atomic E-state index is 13.1. The first-order valence-corrected chi connectivity index (χ1v) is 10.3. The molecule has 1 heterocycles. The van der Waals surface area contributed by atoms with Crippen LogP contribution >= 0.6 is 0 Å². The van der Waals surface area contributed by atoms with E-state index in [9.17, 15) is 14.4 Å². The molecule has 31 heavy (non-hydrogen) atoms. The van der Waals surface area contributed by atoms with Crippen LogP contribution in [0.3, 0.4) is 0 Å². The normalized spacial score (nSPS) is 13.6. The van der Waals surface area contributed by atoms with Crippen molar-refractivity contribution in [1.82, 2.24) is 4.90 Å². The van der Waals surface area contributed by atoms with Gasteiger partial charge in [-0.25, -0.2) is 0 Å². The van der Waals surface area contributed by atoms with Gasteiger partial charge in [0.1, 0.15) is 0 Å². The molecule has 1 unspecified atom stereocenters. The highest BCUT2D eigenvalue weighted by Gasteiger charge is 2.34. The Kier molecular flexibility index (Phi) is 5.67. The van der Waals surface area contributed by atoms with E-state index in [2.05, 4.69) is 5.32 Å². The number of ketones is 1. The summed E-state index contributed by atoms with van der Waals surface area (Å²) in [6, 6.07) is 22.0. The molecule has 0 spiro atoms. The van der Waals surface area contributed by atoms with Gasteiger partial charge < -0.3 is 10.2 Å². The Morgan fingerprint density at radius 1 is 1.00 bits per heavy atom. The molecule has 0 saturated heterocycles. The molecular weight excluding hydrogens is 388 g/mol. The Morgan fingerprint density at radius 2 is 1.74 bits per heavy atom. The third-order valence-electron chi connectivity index (χ3n) is 5.62. The molecule has 3 aromatic rings. The summed E-state index contributed by atoms with van der Waals surface area (Å²) in [7, 11) is 0. The fraction of sp³-hybridized carbons (Fsp3) is 0.192. The van der Waals surface area contributed by atoms with E-state index in [0.717, 1.165) is 16.7 Å². The first-order chi connectivity index (χ1) is 14.9. The molecule has 1 aliphatic heterocycles. The Hall–Kier alpha value is -3.73. The van der Waals surface area contributed by atoms with Crippen LogP contribution < -0.4 is 5.32 Å². The van der Waals surface area contributed by atoms with Gasteiger partial charge in [0.25, 0.3) is 5.91 Å². The lowest BCUT2D eigenvalue weighted by molar-refractivity contribution is -0.117. The molecule has 0 aliphatic carbocycles. The summed E-state index contributed by atoms with van der Waals surface area (Å²) in [5, 5.41) is 2.88. The lowest BCUT2D eigenvalue weighted by atomic mass is 10.00. The predicted octanol–water partition coefficient (Wildman–Crippen LogP) is 4.92. The fourth-order valence-corrected chi connectivity index (χ4v) is 3.93. The van der Waals surface area contributed by atoms with Crippen molar-refractivity contribution in [2.24, 2.45) is 0 Å². The van der Waals surface area contributed by atoms with Crippen LogP contribution in [0.1, 0.15) is 56.8 Å². The molecule has 0 bridgehead atoms. The molecule has 0 fully saturated rings. The number of nitrogens with zero attached hydrogens (tertiary/aromatic N) is 1. The number of Topliss-reactive ketones (excluding diaryl/α,β-unsaturated/α-hetero) is 1. The molecule has 0 aromatic heterocycles. The zero-order chi connectivity index (χ0) is 22.0. The standard InChI is InChI=1S/C26H24N2O3/c1-17-10-12-19(13-11-17)24(28-16-21-6-3-4-9-23(21)26(28)31)15-25(30)27-22-8-5-7-20(14-22)18(2)29/h3-14,24H,15-16H2,1-2H3,(H,27,30). The SMILES string of the molecule is CC(=O)c1cccc(NC(=O)CC(c2ccc(C)cc2)N2Cc3ccccc3C2=O)c1. The summed E-state index contributed by atoms with van der Waals surface area (Å²) in [5.74, 6) is -0.336. The third kappa shape index (κ3) is 4.40. The van der Waals surface area contributed by atoms with Crippen LogP contribution in [0.25, 0.3) is 0 Å². The number of aryl methyl sites for hydroxylation is 1. The van der Waals surface area contributed by atoms with Gasteiger partial charge in [0.2, 0.25) is 5.91 Å². The van der Waals surface area contributed by atoms with Crippen molar-refractivity contribution in [3.05, 3.63) is 101 Å². The Balaban J connectivity index is 1.59. The highest BCUT2D eigenvalue weighted by Crippen LogP contribution is 2.33. The monoisotopic (exact) mass is 412 g/mol. The van der Waals surface area contributed by atoms with E-state index in [1.165, 1.54) is 6.92 Å². The van der Waals surface area contributed by atoms with Crippen molar-refractivity contribution in [3.63, 3.8) is 0 Å². The Morgan fingerprint density at radius 3 is 2.45 bits per heavy atom. The van der Waals surface area contributed by atoms with E-state index in [0.29, 0.717) is 23.4 Å². The topological polar surface area (TPSA) is 66.5 Å². The molecule has 4 rings (SSSR count). The summed E-state index contributed by atoms with van der Waals surface area (Å²) < 4.78 is 0. The van der Waals surface area contributed by atoms with Gasteiger partial charge in [-0.3, -0.25) is 14.4 Å². The fourth-order valence-electron chi connectivity index (χ4n) is 3.93. The molecule has 2 amide bonds. The van der Waals surface area contributed by atoms with Crippen LogP contribution in [0.4, 0.5) is 5.69 Å². The van der Waals surface area contributed by atoms with Gasteiger partial charge >= 0.3 is 0 Å². The smallest absolute Gasteiger partial charge is 0.255 e. The van der Waals surface area contributed by atoms with Gasteiger partial charge in [0.05, 0.1) is 12.5 Å². The molecule has 1 aliphatic rings. The summed E-state index contributed by atoms with van der Waals surface area (Å²) in [5.41, 5.74) is 4.80. The maximum Gasteiger partial charge on any atom is 0.255 e. The summed E-state index contributed by atoms with van der Waals surface area (Å²) in [6.45, 7) is 3.97. The van der Waals surface area contributed by atoms with Gasteiger partial charge in [-0.15, -0.1) is 0 Å². The van der Waals surface area contributed by atoms with Gasteiger partial charge in [-0.05, 0) is 43.2 Å². The lowest BCUT2D eigenvalue weighted by Gasteiger charge is -2.28. The van der Waals surface area contributed by atoms with E-state index in [4.69, 9.17) is 0 Å². The number of hydrogen-bond donors (Lipinski definition) is 1. The minimum absolute atomic E-state index is 0.0611. The van der Waals surface area contributed by atoms with E-state index < -0.39 is 6.04 Å². The van der Waals surface area contributed by atoms with Crippen molar-refractivity contribution < 1.29 is 14.4 Å². The van der Waals surface area contributed by atoms with Crippen LogP contribution in [0, 0.1) is 6.92 Å². The average molecular weight is 412 g/mol. The molecule has 0 saturated carbocycles. The van der Waals surface area contributed by atoms with Crippen LogP contribution in [-0.4, -0.2) is 22.5 Å². The van der Waals surface area contributed by atoms with Gasteiger partial charge in [0, 0.05) is 23.4 Å². The molecule has 1 atom stereocenters. The van der Waals surface area contributed by atoms with Crippen LogP contribution in [0.15, 0.2) is 72.8 Å². The van der Waals surface area contributed by atoms with Crippen molar-refractivity contribution >= 4 is 23.3 Å². The van der Waals surface area contributed by atoms with Crippen molar-refractivity contribution in [3.8, 4) is 0 Å². The molecule has 5 heteroatoms. The highest BCUT2D eigenvalue weighted by atomic mass is 16.2. The second kappa shape index (κ2) is 8.56. The average Bonchev–Trinajstić information content (AvgIpc) is 3.09. The third-order valence-corrected chi connectivity index (χ3v) is 5.62. The number of hydrogen-bond acceptors (Lipinski definition) is 3. The van der Waals surface area contributed by atoms with Crippen LogP contribution in [0.5, 0.6) is 0 Å². The second-order valence-corrected chi connectivity index (χ2v) is 7.91. The minimum Gasteiger partial charge on any atom is -0.327 e. The Labute approximate surface area is 181 Å². The number of rotatable bonds is 6. The molecule has 0 radical (unpaired) electrons. The Bertz CT molecular complexity index is 1150. The molecular formula is C26H24N2O3. The maximum atomic E-state index is 13.1. The zero-order valence-corrected chi connectivity index (χ0v) is 17.6. The first kappa shape index (κ1) is 20.5. The van der Waals surface area contributed by atoms with E-state index >= 15 is 0 Å². The number of amides is 2. The molecule has 5 nitrogen and oxygen atoms in total. The number of fused-ring (bicyclic) bond motifs is 1. The van der Waals surface area contributed by atoms with Crippen LogP contribution in [-0.2, 0) is 11.3 Å². The number of anilines is 1. The van der Waals surface area contributed by atoms with Crippen molar-refractivity contribution in [2.75, 3.05) is 5.32 Å². The molecule has 156 valence electrons.